The standard InChI is InChI=1S/C25H39N5O2.HI/c1-19(2)24(32)30-15-11-22(12-16-30)28-25(26-3)27-18-23(31)29-13-9-21(10-14-29)17-20-7-5-4-6-8-20;/h4-8,19,21-22H,9-18H2,1-3H3,(H2,26,27,28);1H. The van der Waals surface area contributed by atoms with Crippen LogP contribution in [0.3, 0.4) is 0 Å². The maximum absolute atomic E-state index is 12.7. The summed E-state index contributed by atoms with van der Waals surface area (Å²) in [4.78, 5) is 33.0. The summed E-state index contributed by atoms with van der Waals surface area (Å²) in [6.45, 7) is 7.33. The van der Waals surface area contributed by atoms with Gasteiger partial charge in [-0.3, -0.25) is 14.6 Å². The van der Waals surface area contributed by atoms with Crippen LogP contribution >= 0.6 is 24.0 Å². The zero-order chi connectivity index (χ0) is 22.9. The van der Waals surface area contributed by atoms with Crippen molar-refractivity contribution in [3.8, 4) is 0 Å². The van der Waals surface area contributed by atoms with Gasteiger partial charge in [0, 0.05) is 45.2 Å². The molecule has 3 rings (SSSR count). The van der Waals surface area contributed by atoms with Gasteiger partial charge in [-0.15, -0.1) is 24.0 Å². The van der Waals surface area contributed by atoms with E-state index in [0.717, 1.165) is 58.3 Å². The molecule has 1 aromatic carbocycles. The molecule has 2 aliphatic heterocycles. The number of rotatable bonds is 6. The molecule has 7 nitrogen and oxygen atoms in total. The summed E-state index contributed by atoms with van der Waals surface area (Å²) < 4.78 is 0. The molecule has 8 heteroatoms. The van der Waals surface area contributed by atoms with E-state index < -0.39 is 0 Å². The molecule has 33 heavy (non-hydrogen) atoms. The molecule has 2 aliphatic rings. The molecule has 2 heterocycles. The molecule has 0 aromatic heterocycles. The van der Waals surface area contributed by atoms with Crippen LogP contribution in [0.5, 0.6) is 0 Å². The van der Waals surface area contributed by atoms with Crippen LogP contribution in [0.1, 0.15) is 45.1 Å². The first-order chi connectivity index (χ1) is 15.5. The first-order valence-corrected chi connectivity index (χ1v) is 12.0. The molecule has 2 amide bonds. The Morgan fingerprint density at radius 3 is 2.18 bits per heavy atom. The highest BCUT2D eigenvalue weighted by Crippen LogP contribution is 2.21. The predicted molar refractivity (Wildman–Crippen MR) is 144 cm³/mol. The van der Waals surface area contributed by atoms with Crippen molar-refractivity contribution in [1.29, 1.82) is 0 Å². The summed E-state index contributed by atoms with van der Waals surface area (Å²) in [7, 11) is 1.73. The van der Waals surface area contributed by atoms with Crippen molar-refractivity contribution in [3.63, 3.8) is 0 Å². The van der Waals surface area contributed by atoms with E-state index in [1.807, 2.05) is 23.6 Å². The van der Waals surface area contributed by atoms with Crippen LogP contribution in [0.15, 0.2) is 35.3 Å². The number of aliphatic imine (C=N–C) groups is 1. The number of carbonyl (C=O) groups excluding carboxylic acids is 2. The zero-order valence-corrected chi connectivity index (χ0v) is 22.6. The number of piperidine rings is 2. The second-order valence-corrected chi connectivity index (χ2v) is 9.34. The van der Waals surface area contributed by atoms with Gasteiger partial charge in [-0.2, -0.15) is 0 Å². The van der Waals surface area contributed by atoms with Gasteiger partial charge in [0.2, 0.25) is 11.8 Å². The largest absolute Gasteiger partial charge is 0.354 e. The first-order valence-electron chi connectivity index (χ1n) is 12.0. The summed E-state index contributed by atoms with van der Waals surface area (Å²) in [5.41, 5.74) is 1.38. The smallest absolute Gasteiger partial charge is 0.241 e. The molecule has 1 aromatic rings. The van der Waals surface area contributed by atoms with Crippen molar-refractivity contribution in [2.45, 2.75) is 52.0 Å². The van der Waals surface area contributed by atoms with Gasteiger partial charge < -0.3 is 20.4 Å². The van der Waals surface area contributed by atoms with E-state index in [4.69, 9.17) is 0 Å². The summed E-state index contributed by atoms with van der Waals surface area (Å²) in [6, 6.07) is 10.9. The number of likely N-dealkylation sites (tertiary alicyclic amines) is 2. The molecule has 0 spiro atoms. The van der Waals surface area contributed by atoms with Gasteiger partial charge in [0.25, 0.3) is 0 Å². The van der Waals surface area contributed by atoms with E-state index in [1.165, 1.54) is 5.56 Å². The van der Waals surface area contributed by atoms with Crippen molar-refractivity contribution in [2.75, 3.05) is 39.8 Å². The molecule has 2 fully saturated rings. The van der Waals surface area contributed by atoms with E-state index in [-0.39, 0.29) is 54.3 Å². The Morgan fingerprint density at radius 2 is 1.61 bits per heavy atom. The SMILES string of the molecule is CN=C(NCC(=O)N1CCC(Cc2ccccc2)CC1)NC1CCN(C(=O)C(C)C)CC1.I. The van der Waals surface area contributed by atoms with Crippen LogP contribution in [0, 0.1) is 11.8 Å². The van der Waals surface area contributed by atoms with Crippen LogP contribution in [-0.4, -0.2) is 73.4 Å². The third-order valence-electron chi connectivity index (χ3n) is 6.61. The normalized spacial score (nSPS) is 18.1. The van der Waals surface area contributed by atoms with E-state index >= 15 is 0 Å². The van der Waals surface area contributed by atoms with Gasteiger partial charge in [-0.1, -0.05) is 44.2 Å². The van der Waals surface area contributed by atoms with E-state index in [9.17, 15) is 9.59 Å². The number of hydrogen-bond donors (Lipinski definition) is 2. The lowest BCUT2D eigenvalue weighted by Crippen LogP contribution is -2.52. The van der Waals surface area contributed by atoms with Crippen molar-refractivity contribution in [2.24, 2.45) is 16.8 Å². The summed E-state index contributed by atoms with van der Waals surface area (Å²) in [5.74, 6) is 1.71. The molecule has 184 valence electrons. The number of halogens is 1. The maximum atomic E-state index is 12.7. The van der Waals surface area contributed by atoms with Gasteiger partial charge in [0.05, 0.1) is 6.54 Å². The van der Waals surface area contributed by atoms with Crippen LogP contribution in [0.4, 0.5) is 0 Å². The minimum Gasteiger partial charge on any atom is -0.354 e. The fraction of sp³-hybridized carbons (Fsp3) is 0.640. The van der Waals surface area contributed by atoms with Crippen LogP contribution in [0.2, 0.25) is 0 Å². The molecule has 0 aliphatic carbocycles. The molecule has 0 radical (unpaired) electrons. The number of hydrogen-bond acceptors (Lipinski definition) is 3. The zero-order valence-electron chi connectivity index (χ0n) is 20.3. The minimum atomic E-state index is 0. The van der Waals surface area contributed by atoms with Gasteiger partial charge in [-0.25, -0.2) is 0 Å². The third-order valence-corrected chi connectivity index (χ3v) is 6.61. The second kappa shape index (κ2) is 13.8. The average Bonchev–Trinajstić information content (AvgIpc) is 2.82. The van der Waals surface area contributed by atoms with Gasteiger partial charge in [0.15, 0.2) is 5.96 Å². The molecule has 0 atom stereocenters. The van der Waals surface area contributed by atoms with Crippen LogP contribution < -0.4 is 10.6 Å². The summed E-state index contributed by atoms with van der Waals surface area (Å²) >= 11 is 0. The van der Waals surface area contributed by atoms with Crippen LogP contribution in [0.25, 0.3) is 0 Å². The van der Waals surface area contributed by atoms with E-state index in [2.05, 4.69) is 46.0 Å². The Kier molecular flexibility index (Phi) is 11.4. The number of benzene rings is 1. The number of carbonyl (C=O) groups is 2. The lowest BCUT2D eigenvalue weighted by molar-refractivity contribution is -0.135. The number of guanidine groups is 1. The molecule has 0 bridgehead atoms. The Hall–Kier alpha value is -1.84. The highest BCUT2D eigenvalue weighted by molar-refractivity contribution is 14.0. The van der Waals surface area contributed by atoms with Gasteiger partial charge in [0.1, 0.15) is 0 Å². The lowest BCUT2D eigenvalue weighted by atomic mass is 9.90. The Morgan fingerprint density at radius 1 is 1.00 bits per heavy atom. The number of nitrogens with zero attached hydrogens (tertiary/aromatic N) is 3. The van der Waals surface area contributed by atoms with Crippen LogP contribution in [-0.2, 0) is 16.0 Å². The fourth-order valence-electron chi connectivity index (χ4n) is 4.60. The Balaban J connectivity index is 0.00000385. The highest BCUT2D eigenvalue weighted by Gasteiger charge is 2.26. The van der Waals surface area contributed by atoms with Crippen molar-refractivity contribution in [1.82, 2.24) is 20.4 Å². The predicted octanol–water partition coefficient (Wildman–Crippen LogP) is 2.90. The molecule has 0 unspecified atom stereocenters. The van der Waals surface area contributed by atoms with E-state index in [0.29, 0.717) is 11.9 Å². The second-order valence-electron chi connectivity index (χ2n) is 9.34. The Bertz CT molecular complexity index is 770. The van der Waals surface area contributed by atoms with Gasteiger partial charge >= 0.3 is 0 Å². The molecule has 2 N–H and O–H groups in total. The molecular weight excluding hydrogens is 529 g/mol. The van der Waals surface area contributed by atoms with Crippen molar-refractivity contribution >= 4 is 41.8 Å². The highest BCUT2D eigenvalue weighted by atomic mass is 127. The topological polar surface area (TPSA) is 77.0 Å². The minimum absolute atomic E-state index is 0. The molecular formula is C25H40IN5O2. The average molecular weight is 570 g/mol. The van der Waals surface area contributed by atoms with Gasteiger partial charge in [-0.05, 0) is 43.6 Å². The monoisotopic (exact) mass is 569 g/mol. The Labute approximate surface area is 215 Å². The van der Waals surface area contributed by atoms with Crippen molar-refractivity contribution < 1.29 is 9.59 Å². The summed E-state index contributed by atoms with van der Waals surface area (Å²) in [5, 5.41) is 6.60. The third kappa shape index (κ3) is 8.46. The first kappa shape index (κ1) is 27.4. The quantitative estimate of drug-likeness (QED) is 0.314. The summed E-state index contributed by atoms with van der Waals surface area (Å²) in [6.07, 6.45) is 4.99. The fourth-order valence-corrected chi connectivity index (χ4v) is 4.60. The lowest BCUT2D eigenvalue weighted by Gasteiger charge is -2.34. The molecule has 0 saturated carbocycles. The molecule has 2 saturated heterocycles. The van der Waals surface area contributed by atoms with Crippen molar-refractivity contribution in [3.05, 3.63) is 35.9 Å². The number of amides is 2. The van der Waals surface area contributed by atoms with E-state index in [1.54, 1.807) is 7.05 Å². The maximum Gasteiger partial charge on any atom is 0.241 e. The number of nitrogens with one attached hydrogen (secondary N) is 2.